The van der Waals surface area contributed by atoms with Crippen LogP contribution in [0.2, 0.25) is 0 Å². The Labute approximate surface area is 128 Å². The number of aryl methyl sites for hydroxylation is 3. The summed E-state index contributed by atoms with van der Waals surface area (Å²) in [5, 5.41) is -0.564. The van der Waals surface area contributed by atoms with Crippen LogP contribution in [0.5, 0.6) is 0 Å². The quantitative estimate of drug-likeness (QED) is 0.839. The minimum atomic E-state index is -3.51. The van der Waals surface area contributed by atoms with Crippen molar-refractivity contribution in [1.82, 2.24) is 14.5 Å². The fraction of sp³-hybridized carbons (Fsp3) is 0.429. The summed E-state index contributed by atoms with van der Waals surface area (Å²) in [5.41, 5.74) is 0.491. The van der Waals surface area contributed by atoms with Gasteiger partial charge in [0.15, 0.2) is 0 Å². The summed E-state index contributed by atoms with van der Waals surface area (Å²) >= 11 is 0. The van der Waals surface area contributed by atoms with Gasteiger partial charge in [0.05, 0.1) is 5.56 Å². The van der Waals surface area contributed by atoms with E-state index in [9.17, 15) is 13.2 Å². The van der Waals surface area contributed by atoms with Gasteiger partial charge in [0, 0.05) is 32.5 Å². The predicted molar refractivity (Wildman–Crippen MR) is 78.3 cm³/mol. The Morgan fingerprint density at radius 2 is 2.05 bits per heavy atom. The minimum Gasteiger partial charge on any atom is -0.466 e. The zero-order valence-electron chi connectivity index (χ0n) is 12.6. The highest BCUT2D eigenvalue weighted by Gasteiger charge is 2.43. The number of aromatic nitrogens is 2. The molecule has 0 unspecified atom stereocenters. The molecule has 0 bridgehead atoms. The van der Waals surface area contributed by atoms with Crippen molar-refractivity contribution in [3.8, 4) is 0 Å². The summed E-state index contributed by atoms with van der Waals surface area (Å²) in [6.07, 6.45) is 3.04. The Balaban J connectivity index is 1.73. The molecule has 0 spiro atoms. The summed E-state index contributed by atoms with van der Waals surface area (Å²) in [5.74, 6) is 1.03. The number of imidazole rings is 1. The summed E-state index contributed by atoms with van der Waals surface area (Å²) in [6, 6.07) is 1.68. The molecule has 2 aromatic rings. The van der Waals surface area contributed by atoms with E-state index in [1.807, 2.05) is 0 Å². The Bertz CT molecular complexity index is 828. The first kappa shape index (κ1) is 14.8. The molecule has 1 amide bonds. The summed E-state index contributed by atoms with van der Waals surface area (Å²) in [7, 11) is -1.87. The van der Waals surface area contributed by atoms with Crippen molar-refractivity contribution in [3.05, 3.63) is 35.5 Å². The second-order valence-electron chi connectivity index (χ2n) is 5.52. The Hall–Kier alpha value is -2.09. The van der Waals surface area contributed by atoms with Gasteiger partial charge in [-0.1, -0.05) is 0 Å². The molecular formula is C14H17N3O4S. The molecule has 0 radical (unpaired) electrons. The number of furan rings is 1. The van der Waals surface area contributed by atoms with Crippen molar-refractivity contribution < 1.29 is 17.6 Å². The van der Waals surface area contributed by atoms with Crippen LogP contribution in [0.25, 0.3) is 0 Å². The Morgan fingerprint density at radius 3 is 2.55 bits per heavy atom. The molecule has 8 heteroatoms. The van der Waals surface area contributed by atoms with Crippen LogP contribution in [0, 0.1) is 13.8 Å². The highest BCUT2D eigenvalue weighted by Crippen LogP contribution is 2.25. The van der Waals surface area contributed by atoms with Gasteiger partial charge in [-0.05, 0) is 19.9 Å². The molecular weight excluding hydrogens is 306 g/mol. The van der Waals surface area contributed by atoms with Crippen LogP contribution in [-0.4, -0.2) is 47.1 Å². The third-order valence-electron chi connectivity index (χ3n) is 3.88. The van der Waals surface area contributed by atoms with E-state index in [0.29, 0.717) is 17.1 Å². The first-order chi connectivity index (χ1) is 10.3. The van der Waals surface area contributed by atoms with Gasteiger partial charge in [0.1, 0.15) is 16.8 Å². The van der Waals surface area contributed by atoms with E-state index >= 15 is 0 Å². The lowest BCUT2D eigenvalue weighted by molar-refractivity contribution is 0.0656. The zero-order chi connectivity index (χ0) is 16.1. The standard InChI is InChI=1S/C14H17N3O4S/c1-9-6-12(10(2)21-9)13(18)17-7-11(8-17)22(19,20)14-15-4-5-16(14)3/h4-6,11H,7-8H2,1-3H3. The maximum atomic E-state index is 12.4. The van der Waals surface area contributed by atoms with Gasteiger partial charge in [-0.25, -0.2) is 13.4 Å². The molecule has 118 valence electrons. The number of hydrogen-bond acceptors (Lipinski definition) is 5. The molecule has 1 fully saturated rings. The van der Waals surface area contributed by atoms with Crippen LogP contribution in [0.4, 0.5) is 0 Å². The lowest BCUT2D eigenvalue weighted by Gasteiger charge is -2.38. The smallest absolute Gasteiger partial charge is 0.257 e. The van der Waals surface area contributed by atoms with E-state index in [0.717, 1.165) is 0 Å². The van der Waals surface area contributed by atoms with E-state index in [-0.39, 0.29) is 24.2 Å². The first-order valence-corrected chi connectivity index (χ1v) is 8.43. The average Bonchev–Trinajstić information content (AvgIpc) is 2.93. The summed E-state index contributed by atoms with van der Waals surface area (Å²) in [6.45, 7) is 3.85. The average molecular weight is 323 g/mol. The normalized spacial score (nSPS) is 15.9. The van der Waals surface area contributed by atoms with Crippen LogP contribution < -0.4 is 0 Å². The van der Waals surface area contributed by atoms with Gasteiger partial charge in [-0.2, -0.15) is 0 Å². The van der Waals surface area contributed by atoms with E-state index in [1.165, 1.54) is 15.7 Å². The fourth-order valence-electron chi connectivity index (χ4n) is 2.59. The van der Waals surface area contributed by atoms with Gasteiger partial charge in [0.25, 0.3) is 5.91 Å². The molecule has 0 N–H and O–H groups in total. The number of amides is 1. The number of hydrogen-bond donors (Lipinski definition) is 0. The second kappa shape index (κ2) is 4.98. The van der Waals surface area contributed by atoms with E-state index in [4.69, 9.17) is 4.42 Å². The van der Waals surface area contributed by atoms with Crippen LogP contribution in [0.15, 0.2) is 28.0 Å². The van der Waals surface area contributed by atoms with Crippen molar-refractivity contribution in [3.63, 3.8) is 0 Å². The van der Waals surface area contributed by atoms with Crippen LogP contribution >= 0.6 is 0 Å². The highest BCUT2D eigenvalue weighted by atomic mass is 32.2. The van der Waals surface area contributed by atoms with Crippen molar-refractivity contribution in [2.75, 3.05) is 13.1 Å². The molecule has 0 aliphatic carbocycles. The molecule has 0 saturated carbocycles. The third-order valence-corrected chi connectivity index (χ3v) is 5.96. The molecule has 1 aliphatic heterocycles. The van der Waals surface area contributed by atoms with Crippen LogP contribution in [0.1, 0.15) is 21.9 Å². The summed E-state index contributed by atoms with van der Waals surface area (Å²) in [4.78, 5) is 17.7. The maximum absolute atomic E-state index is 12.4. The molecule has 22 heavy (non-hydrogen) atoms. The van der Waals surface area contributed by atoms with E-state index < -0.39 is 15.1 Å². The lowest BCUT2D eigenvalue weighted by atomic mass is 10.1. The van der Waals surface area contributed by atoms with Crippen LogP contribution in [-0.2, 0) is 16.9 Å². The van der Waals surface area contributed by atoms with E-state index in [1.54, 1.807) is 33.2 Å². The molecule has 0 atom stereocenters. The van der Waals surface area contributed by atoms with Gasteiger partial charge in [-0.15, -0.1) is 0 Å². The molecule has 1 saturated heterocycles. The van der Waals surface area contributed by atoms with Gasteiger partial charge >= 0.3 is 0 Å². The second-order valence-corrected chi connectivity index (χ2v) is 7.65. The number of nitrogens with zero attached hydrogens (tertiary/aromatic N) is 3. The predicted octanol–water partition coefficient (Wildman–Crippen LogP) is 0.928. The largest absolute Gasteiger partial charge is 0.466 e. The Morgan fingerprint density at radius 1 is 1.36 bits per heavy atom. The number of carbonyl (C=O) groups is 1. The molecule has 7 nitrogen and oxygen atoms in total. The van der Waals surface area contributed by atoms with Crippen molar-refractivity contribution >= 4 is 15.7 Å². The number of rotatable bonds is 3. The van der Waals surface area contributed by atoms with Gasteiger partial charge in [0.2, 0.25) is 15.0 Å². The van der Waals surface area contributed by atoms with Crippen molar-refractivity contribution in [2.45, 2.75) is 24.3 Å². The van der Waals surface area contributed by atoms with Crippen molar-refractivity contribution in [2.24, 2.45) is 7.05 Å². The first-order valence-electron chi connectivity index (χ1n) is 6.88. The highest BCUT2D eigenvalue weighted by molar-refractivity contribution is 7.92. The molecule has 1 aliphatic rings. The van der Waals surface area contributed by atoms with Crippen molar-refractivity contribution in [1.29, 1.82) is 0 Å². The summed E-state index contributed by atoms with van der Waals surface area (Å²) < 4.78 is 31.7. The molecule has 2 aromatic heterocycles. The number of likely N-dealkylation sites (tertiary alicyclic amines) is 1. The number of carbonyl (C=O) groups excluding carboxylic acids is 1. The number of sulfone groups is 1. The molecule has 3 rings (SSSR count). The third kappa shape index (κ3) is 2.23. The maximum Gasteiger partial charge on any atom is 0.257 e. The Kier molecular flexibility index (Phi) is 3.36. The van der Waals surface area contributed by atoms with Gasteiger partial charge in [-0.3, -0.25) is 4.79 Å². The lowest BCUT2D eigenvalue weighted by Crippen LogP contribution is -2.57. The molecule has 3 heterocycles. The zero-order valence-corrected chi connectivity index (χ0v) is 13.4. The molecule has 0 aromatic carbocycles. The SMILES string of the molecule is Cc1cc(C(=O)N2CC(S(=O)(=O)c3nccn3C)C2)c(C)o1. The van der Waals surface area contributed by atoms with Crippen LogP contribution in [0.3, 0.4) is 0 Å². The van der Waals surface area contributed by atoms with E-state index in [2.05, 4.69) is 4.98 Å². The minimum absolute atomic E-state index is 0.0416. The monoisotopic (exact) mass is 323 g/mol. The van der Waals surface area contributed by atoms with Gasteiger partial charge < -0.3 is 13.9 Å². The topological polar surface area (TPSA) is 85.4 Å². The fourth-order valence-corrected chi connectivity index (χ4v) is 4.31.